The van der Waals surface area contributed by atoms with E-state index in [1.165, 1.54) is 32.1 Å². The predicted molar refractivity (Wildman–Crippen MR) is 80.9 cm³/mol. The van der Waals surface area contributed by atoms with Gasteiger partial charge in [-0.1, -0.05) is 26.2 Å². The minimum absolute atomic E-state index is 0.235. The summed E-state index contributed by atoms with van der Waals surface area (Å²) in [6, 6.07) is 0.738. The van der Waals surface area contributed by atoms with Gasteiger partial charge < -0.3 is 11.1 Å². The van der Waals surface area contributed by atoms with Crippen LogP contribution in [0.2, 0.25) is 0 Å². The molecule has 1 saturated carbocycles. The van der Waals surface area contributed by atoms with Crippen molar-refractivity contribution in [3.63, 3.8) is 0 Å². The molecule has 0 saturated heterocycles. The van der Waals surface area contributed by atoms with Crippen LogP contribution in [-0.4, -0.2) is 18.0 Å². The lowest BCUT2D eigenvalue weighted by Crippen LogP contribution is -2.33. The van der Waals surface area contributed by atoms with Gasteiger partial charge in [-0.25, -0.2) is 0 Å². The molecule has 0 aliphatic heterocycles. The lowest BCUT2D eigenvalue weighted by atomic mass is 9.84. The van der Waals surface area contributed by atoms with Crippen LogP contribution in [0.5, 0.6) is 0 Å². The van der Waals surface area contributed by atoms with Crippen molar-refractivity contribution in [2.75, 3.05) is 0 Å². The van der Waals surface area contributed by atoms with E-state index in [0.29, 0.717) is 18.5 Å². The van der Waals surface area contributed by atoms with Gasteiger partial charge in [-0.05, 0) is 51.4 Å². The molecule has 3 heteroatoms. The topological polar surface area (TPSA) is 55.1 Å². The fourth-order valence-electron chi connectivity index (χ4n) is 2.93. The molecule has 1 unspecified atom stereocenters. The summed E-state index contributed by atoms with van der Waals surface area (Å²) in [5.41, 5.74) is 5.90. The summed E-state index contributed by atoms with van der Waals surface area (Å²) in [6.07, 6.45) is 11.3. The minimum Gasteiger partial charge on any atom is -0.354 e. The Hall–Kier alpha value is -0.570. The van der Waals surface area contributed by atoms with E-state index in [4.69, 9.17) is 5.73 Å². The molecule has 1 aliphatic carbocycles. The zero-order valence-electron chi connectivity index (χ0n) is 12.8. The van der Waals surface area contributed by atoms with Crippen molar-refractivity contribution >= 4 is 5.91 Å². The second-order valence-electron chi connectivity index (χ2n) is 6.28. The Morgan fingerprint density at radius 2 is 1.95 bits per heavy atom. The molecule has 3 N–H and O–H groups in total. The number of hydrogen-bond acceptors (Lipinski definition) is 2. The van der Waals surface area contributed by atoms with Crippen LogP contribution in [0.15, 0.2) is 0 Å². The second-order valence-corrected chi connectivity index (χ2v) is 6.28. The van der Waals surface area contributed by atoms with Crippen LogP contribution in [0.1, 0.15) is 78.1 Å². The molecule has 0 aromatic carbocycles. The first-order valence-corrected chi connectivity index (χ1v) is 8.16. The molecule has 0 aromatic heterocycles. The summed E-state index contributed by atoms with van der Waals surface area (Å²) < 4.78 is 0. The number of carbonyl (C=O) groups is 1. The average molecular weight is 268 g/mol. The Labute approximate surface area is 118 Å². The molecule has 1 aliphatic rings. The summed E-state index contributed by atoms with van der Waals surface area (Å²) in [7, 11) is 0. The molecular weight excluding hydrogens is 236 g/mol. The van der Waals surface area contributed by atoms with Gasteiger partial charge in [-0.15, -0.1) is 0 Å². The third-order valence-corrected chi connectivity index (χ3v) is 4.32. The van der Waals surface area contributed by atoms with Gasteiger partial charge in [-0.2, -0.15) is 0 Å². The molecule has 0 bridgehead atoms. The van der Waals surface area contributed by atoms with E-state index in [9.17, 15) is 4.79 Å². The molecular formula is C16H32N2O. The van der Waals surface area contributed by atoms with Gasteiger partial charge in [0.05, 0.1) is 0 Å². The highest BCUT2D eigenvalue weighted by molar-refractivity contribution is 5.76. The van der Waals surface area contributed by atoms with E-state index >= 15 is 0 Å². The maximum Gasteiger partial charge on any atom is 0.220 e. The number of nitrogens with two attached hydrogens (primary N) is 1. The van der Waals surface area contributed by atoms with Crippen molar-refractivity contribution < 1.29 is 4.79 Å². The first-order chi connectivity index (χ1) is 9.11. The average Bonchev–Trinajstić information content (AvgIpc) is 2.38. The van der Waals surface area contributed by atoms with Gasteiger partial charge in [0.25, 0.3) is 0 Å². The van der Waals surface area contributed by atoms with Crippen LogP contribution in [0.4, 0.5) is 0 Å². The predicted octanol–water partition coefficient (Wildman–Crippen LogP) is 3.37. The van der Waals surface area contributed by atoms with Crippen molar-refractivity contribution in [3.8, 4) is 0 Å². The summed E-state index contributed by atoms with van der Waals surface area (Å²) >= 11 is 0. The number of carbonyl (C=O) groups excluding carboxylic acids is 1. The smallest absolute Gasteiger partial charge is 0.220 e. The van der Waals surface area contributed by atoms with Crippen LogP contribution in [-0.2, 0) is 4.79 Å². The van der Waals surface area contributed by atoms with E-state index in [1.807, 2.05) is 0 Å². The third-order valence-electron chi connectivity index (χ3n) is 4.32. The van der Waals surface area contributed by atoms with Gasteiger partial charge in [0, 0.05) is 18.5 Å². The number of nitrogens with one attached hydrogen (secondary N) is 1. The summed E-state index contributed by atoms with van der Waals surface area (Å²) in [5, 5.41) is 3.12. The van der Waals surface area contributed by atoms with Gasteiger partial charge in [0.15, 0.2) is 0 Å². The fraction of sp³-hybridized carbons (Fsp3) is 0.938. The summed E-state index contributed by atoms with van der Waals surface area (Å²) in [4.78, 5) is 11.9. The zero-order valence-corrected chi connectivity index (χ0v) is 12.8. The Morgan fingerprint density at radius 3 is 2.58 bits per heavy atom. The van der Waals surface area contributed by atoms with E-state index in [2.05, 4.69) is 19.2 Å². The fourth-order valence-corrected chi connectivity index (χ4v) is 2.93. The summed E-state index contributed by atoms with van der Waals surface area (Å²) in [5.74, 6) is 0.958. The first-order valence-electron chi connectivity index (χ1n) is 8.16. The Bertz CT molecular complexity index is 247. The van der Waals surface area contributed by atoms with E-state index in [1.54, 1.807) is 0 Å². The van der Waals surface area contributed by atoms with Crippen LogP contribution in [0.3, 0.4) is 0 Å². The second kappa shape index (κ2) is 9.35. The number of hydrogen-bond donors (Lipinski definition) is 2. The molecule has 19 heavy (non-hydrogen) atoms. The molecule has 0 radical (unpaired) electrons. The standard InChI is InChI=1S/C16H32N2O/c1-3-4-5-6-13(2)18-16(19)12-9-14-7-10-15(17)11-8-14/h13-15H,3-12,17H2,1-2H3,(H,18,19). The molecule has 3 nitrogen and oxygen atoms in total. The normalized spacial score (nSPS) is 25.0. The Balaban J connectivity index is 2.07. The molecule has 0 heterocycles. The summed E-state index contributed by atoms with van der Waals surface area (Å²) in [6.45, 7) is 4.33. The molecule has 1 amide bonds. The number of amides is 1. The lowest BCUT2D eigenvalue weighted by molar-refractivity contribution is -0.122. The first kappa shape index (κ1) is 16.5. The van der Waals surface area contributed by atoms with E-state index < -0.39 is 0 Å². The Kier molecular flexibility index (Phi) is 8.11. The van der Waals surface area contributed by atoms with Crippen LogP contribution in [0, 0.1) is 5.92 Å². The molecule has 0 spiro atoms. The molecule has 0 aromatic rings. The maximum atomic E-state index is 11.9. The van der Waals surface area contributed by atoms with Crippen molar-refractivity contribution in [1.82, 2.24) is 5.32 Å². The van der Waals surface area contributed by atoms with Gasteiger partial charge in [0.1, 0.15) is 0 Å². The van der Waals surface area contributed by atoms with Gasteiger partial charge >= 0.3 is 0 Å². The minimum atomic E-state index is 0.235. The number of unbranched alkanes of at least 4 members (excludes halogenated alkanes) is 2. The zero-order chi connectivity index (χ0) is 14.1. The Morgan fingerprint density at radius 1 is 1.26 bits per heavy atom. The maximum absolute atomic E-state index is 11.9. The van der Waals surface area contributed by atoms with Crippen LogP contribution in [0.25, 0.3) is 0 Å². The van der Waals surface area contributed by atoms with Crippen LogP contribution < -0.4 is 11.1 Å². The third kappa shape index (κ3) is 7.56. The molecule has 112 valence electrons. The van der Waals surface area contributed by atoms with E-state index in [0.717, 1.165) is 31.6 Å². The van der Waals surface area contributed by atoms with Crippen molar-refractivity contribution in [2.45, 2.75) is 90.1 Å². The molecule has 1 fully saturated rings. The number of rotatable bonds is 8. The quantitative estimate of drug-likeness (QED) is 0.663. The molecule has 1 rings (SSSR count). The van der Waals surface area contributed by atoms with E-state index in [-0.39, 0.29) is 5.91 Å². The highest BCUT2D eigenvalue weighted by atomic mass is 16.1. The van der Waals surface area contributed by atoms with Crippen molar-refractivity contribution in [2.24, 2.45) is 11.7 Å². The van der Waals surface area contributed by atoms with Crippen molar-refractivity contribution in [3.05, 3.63) is 0 Å². The van der Waals surface area contributed by atoms with Crippen LogP contribution >= 0.6 is 0 Å². The highest BCUT2D eigenvalue weighted by Crippen LogP contribution is 2.26. The highest BCUT2D eigenvalue weighted by Gasteiger charge is 2.19. The largest absolute Gasteiger partial charge is 0.354 e. The van der Waals surface area contributed by atoms with Gasteiger partial charge in [-0.3, -0.25) is 4.79 Å². The lowest BCUT2D eigenvalue weighted by Gasteiger charge is -2.26. The SMILES string of the molecule is CCCCCC(C)NC(=O)CCC1CCC(N)CC1. The van der Waals surface area contributed by atoms with Crippen molar-refractivity contribution in [1.29, 1.82) is 0 Å². The monoisotopic (exact) mass is 268 g/mol. The molecule has 1 atom stereocenters. The van der Waals surface area contributed by atoms with Gasteiger partial charge in [0.2, 0.25) is 5.91 Å².